The average Bonchev–Trinajstić information content (AvgIpc) is 3.48. The van der Waals surface area contributed by atoms with Crippen LogP contribution in [0.2, 0.25) is 0 Å². The van der Waals surface area contributed by atoms with Crippen LogP contribution >= 0.6 is 22.7 Å². The lowest BCUT2D eigenvalue weighted by Gasteiger charge is -2.08. The fraction of sp³-hybridized carbons (Fsp3) is 0. The van der Waals surface area contributed by atoms with E-state index in [2.05, 4.69) is 17.5 Å². The van der Waals surface area contributed by atoms with E-state index in [4.69, 9.17) is 14.7 Å². The maximum Gasteiger partial charge on any atom is 0.137 e. The molecule has 144 valence electrons. The summed E-state index contributed by atoms with van der Waals surface area (Å²) in [5, 5.41) is 3.09. The Kier molecular flexibility index (Phi) is 4.11. The molecule has 0 fully saturated rings. The van der Waals surface area contributed by atoms with Crippen LogP contribution < -0.4 is 4.74 Å². The van der Waals surface area contributed by atoms with Crippen LogP contribution in [0.15, 0.2) is 90.6 Å². The van der Waals surface area contributed by atoms with Gasteiger partial charge in [0.1, 0.15) is 27.0 Å². The molecule has 4 nitrogen and oxygen atoms in total. The van der Waals surface area contributed by atoms with Gasteiger partial charge in [0.15, 0.2) is 0 Å². The monoisotopic (exact) mass is 425 g/mol. The van der Waals surface area contributed by atoms with E-state index in [1.807, 2.05) is 77.5 Å². The van der Waals surface area contributed by atoms with Gasteiger partial charge >= 0.3 is 0 Å². The van der Waals surface area contributed by atoms with Gasteiger partial charge in [0.25, 0.3) is 0 Å². The molecule has 0 atom stereocenters. The molecule has 0 radical (unpaired) electrons. The number of ether oxygens (including phenoxy) is 1. The summed E-state index contributed by atoms with van der Waals surface area (Å²) >= 11 is 3.38. The zero-order valence-electron chi connectivity index (χ0n) is 15.7. The summed E-state index contributed by atoms with van der Waals surface area (Å²) in [7, 11) is 0. The number of nitrogens with zero attached hydrogens (tertiary/aromatic N) is 3. The lowest BCUT2D eigenvalue weighted by molar-refractivity contribution is 0.483. The highest BCUT2D eigenvalue weighted by molar-refractivity contribution is 7.27. The first-order chi connectivity index (χ1) is 14.8. The molecule has 0 aliphatic heterocycles. The number of fused-ring (bicyclic) bond motifs is 2. The van der Waals surface area contributed by atoms with Gasteiger partial charge in [-0.15, -0.1) is 22.7 Å². The van der Waals surface area contributed by atoms with E-state index >= 15 is 0 Å². The molecule has 0 spiro atoms. The topological polar surface area (TPSA) is 39.4 Å². The van der Waals surface area contributed by atoms with Crippen molar-refractivity contribution < 1.29 is 4.74 Å². The van der Waals surface area contributed by atoms with Crippen LogP contribution in [0.25, 0.3) is 37.0 Å². The Morgan fingerprint density at radius 3 is 2.47 bits per heavy atom. The first-order valence-electron chi connectivity index (χ1n) is 9.48. The number of imidazole rings is 1. The van der Waals surface area contributed by atoms with Gasteiger partial charge in [0.2, 0.25) is 0 Å². The minimum Gasteiger partial charge on any atom is -0.457 e. The Bertz CT molecular complexity index is 1430. The molecule has 0 saturated carbocycles. The minimum absolute atomic E-state index is 0.779. The largest absolute Gasteiger partial charge is 0.457 e. The van der Waals surface area contributed by atoms with E-state index in [0.29, 0.717) is 0 Å². The summed E-state index contributed by atoms with van der Waals surface area (Å²) in [6, 6.07) is 24.2. The molecule has 0 N–H and O–H groups in total. The van der Waals surface area contributed by atoms with Crippen molar-refractivity contribution >= 4 is 37.9 Å². The second kappa shape index (κ2) is 7.09. The van der Waals surface area contributed by atoms with Gasteiger partial charge in [0, 0.05) is 23.5 Å². The lowest BCUT2D eigenvalue weighted by Crippen LogP contribution is -1.86. The van der Waals surface area contributed by atoms with Crippen molar-refractivity contribution in [1.29, 1.82) is 0 Å². The van der Waals surface area contributed by atoms with Crippen molar-refractivity contribution in [1.82, 2.24) is 14.4 Å². The molecule has 0 aliphatic carbocycles. The van der Waals surface area contributed by atoms with E-state index < -0.39 is 0 Å². The first-order valence-corrected chi connectivity index (χ1v) is 11.2. The molecule has 4 aromatic heterocycles. The van der Waals surface area contributed by atoms with Crippen molar-refractivity contribution in [2.75, 3.05) is 0 Å². The molecule has 6 aromatic rings. The molecular formula is C24H15N3OS2. The Balaban J connectivity index is 1.30. The van der Waals surface area contributed by atoms with Crippen LogP contribution in [0.4, 0.5) is 0 Å². The van der Waals surface area contributed by atoms with Crippen LogP contribution in [0, 0.1) is 0 Å². The van der Waals surface area contributed by atoms with Crippen LogP contribution in [-0.2, 0) is 0 Å². The molecule has 0 saturated heterocycles. The van der Waals surface area contributed by atoms with Crippen LogP contribution in [-0.4, -0.2) is 14.4 Å². The van der Waals surface area contributed by atoms with E-state index in [9.17, 15) is 0 Å². The number of hydrogen-bond donors (Lipinski definition) is 0. The molecule has 30 heavy (non-hydrogen) atoms. The number of rotatable bonds is 4. The SMILES string of the molecule is c1cc(Oc2cccc(-c3nc4sccc4s3)c2)cc(-c2cn3ccccc3n2)c1. The Morgan fingerprint density at radius 1 is 0.800 bits per heavy atom. The summed E-state index contributed by atoms with van der Waals surface area (Å²) in [6.07, 6.45) is 4.03. The number of benzene rings is 2. The molecule has 0 bridgehead atoms. The van der Waals surface area contributed by atoms with E-state index in [1.54, 1.807) is 22.7 Å². The Labute approximate surface area is 180 Å². The number of aromatic nitrogens is 3. The molecule has 0 aliphatic rings. The summed E-state index contributed by atoms with van der Waals surface area (Å²) in [4.78, 5) is 10.5. The number of hydrogen-bond acceptors (Lipinski definition) is 5. The third-order valence-electron chi connectivity index (χ3n) is 4.83. The average molecular weight is 426 g/mol. The summed E-state index contributed by atoms with van der Waals surface area (Å²) < 4.78 is 9.42. The Morgan fingerprint density at radius 2 is 1.63 bits per heavy atom. The highest BCUT2D eigenvalue weighted by Crippen LogP contribution is 2.35. The number of pyridine rings is 1. The summed E-state index contributed by atoms with van der Waals surface area (Å²) in [5.41, 5.74) is 3.93. The van der Waals surface area contributed by atoms with Gasteiger partial charge < -0.3 is 9.14 Å². The summed E-state index contributed by atoms with van der Waals surface area (Å²) in [6.45, 7) is 0. The lowest BCUT2D eigenvalue weighted by atomic mass is 10.1. The van der Waals surface area contributed by atoms with Gasteiger partial charge in [0.05, 0.1) is 10.4 Å². The van der Waals surface area contributed by atoms with Crippen molar-refractivity contribution in [2.24, 2.45) is 0 Å². The van der Waals surface area contributed by atoms with Crippen molar-refractivity contribution in [3.63, 3.8) is 0 Å². The quantitative estimate of drug-likeness (QED) is 0.301. The van der Waals surface area contributed by atoms with Crippen LogP contribution in [0.5, 0.6) is 11.5 Å². The van der Waals surface area contributed by atoms with Crippen molar-refractivity contribution in [2.45, 2.75) is 0 Å². The zero-order valence-corrected chi connectivity index (χ0v) is 17.4. The zero-order chi connectivity index (χ0) is 19.9. The van der Waals surface area contributed by atoms with Crippen LogP contribution in [0.3, 0.4) is 0 Å². The van der Waals surface area contributed by atoms with Crippen molar-refractivity contribution in [3.8, 4) is 33.3 Å². The standard InChI is InChI=1S/C24H15N3OS2/c1-2-11-27-15-20(25-22(27)9-1)16-5-3-7-18(13-16)28-19-8-4-6-17(14-19)23-26-24-21(30-23)10-12-29-24/h1-15H. The maximum absolute atomic E-state index is 6.18. The molecular weight excluding hydrogens is 410 g/mol. The van der Waals surface area contributed by atoms with E-state index in [1.165, 1.54) is 4.70 Å². The third kappa shape index (κ3) is 3.16. The first kappa shape index (κ1) is 17.4. The predicted octanol–water partition coefficient (Wildman–Crippen LogP) is 7.13. The van der Waals surface area contributed by atoms with E-state index in [-0.39, 0.29) is 0 Å². The molecule has 6 rings (SSSR count). The minimum atomic E-state index is 0.779. The van der Waals surface area contributed by atoms with Crippen molar-refractivity contribution in [3.05, 3.63) is 90.6 Å². The number of thiazole rings is 1. The second-order valence-corrected chi connectivity index (χ2v) is 8.78. The Hall–Kier alpha value is -3.48. The summed E-state index contributed by atoms with van der Waals surface area (Å²) in [5.74, 6) is 1.57. The number of thiophene rings is 1. The highest BCUT2D eigenvalue weighted by Gasteiger charge is 2.09. The molecule has 4 heterocycles. The predicted molar refractivity (Wildman–Crippen MR) is 124 cm³/mol. The fourth-order valence-corrected chi connectivity index (χ4v) is 5.35. The molecule has 0 unspecified atom stereocenters. The normalized spacial score (nSPS) is 11.3. The van der Waals surface area contributed by atoms with Gasteiger partial charge in [-0.25, -0.2) is 9.97 Å². The second-order valence-electron chi connectivity index (χ2n) is 6.86. The molecule has 6 heteroatoms. The van der Waals surface area contributed by atoms with Crippen LogP contribution in [0.1, 0.15) is 0 Å². The third-order valence-corrected chi connectivity index (χ3v) is 6.84. The molecule has 0 amide bonds. The van der Waals surface area contributed by atoms with Gasteiger partial charge in [-0.2, -0.15) is 0 Å². The smallest absolute Gasteiger partial charge is 0.137 e. The van der Waals surface area contributed by atoms with Gasteiger partial charge in [-0.3, -0.25) is 0 Å². The highest BCUT2D eigenvalue weighted by atomic mass is 32.1. The fourth-order valence-electron chi connectivity index (χ4n) is 3.41. The van der Waals surface area contributed by atoms with Gasteiger partial charge in [-0.05, 0) is 47.8 Å². The maximum atomic E-state index is 6.18. The van der Waals surface area contributed by atoms with E-state index in [0.717, 1.165) is 43.8 Å². The van der Waals surface area contributed by atoms with Gasteiger partial charge in [-0.1, -0.05) is 30.3 Å². The molecule has 2 aromatic carbocycles.